The Balaban J connectivity index is 1.72. The first-order valence-corrected chi connectivity index (χ1v) is 8.24. The zero-order valence-electron chi connectivity index (χ0n) is 13.2. The third-order valence-corrected chi connectivity index (χ3v) is 4.64. The van der Waals surface area contributed by atoms with Crippen LogP contribution in [0.15, 0.2) is 54.6 Å². The number of para-hydroxylation sites is 1. The van der Waals surface area contributed by atoms with Crippen LogP contribution in [0.25, 0.3) is 0 Å². The van der Waals surface area contributed by atoms with Gasteiger partial charge < -0.3 is 10.0 Å². The topological polar surface area (TPSA) is 47.3 Å². The van der Waals surface area contributed by atoms with Crippen molar-refractivity contribution in [3.05, 3.63) is 65.7 Å². The molecule has 2 aromatic rings. The van der Waals surface area contributed by atoms with Gasteiger partial charge in [0.15, 0.2) is 0 Å². The third kappa shape index (κ3) is 3.91. The van der Waals surface area contributed by atoms with Gasteiger partial charge in [-0.1, -0.05) is 36.8 Å². The number of aliphatic hydroxyl groups excluding tert-OH is 1. The van der Waals surface area contributed by atoms with Crippen LogP contribution in [0.3, 0.4) is 0 Å². The second-order valence-corrected chi connectivity index (χ2v) is 6.29. The smallest absolute Gasteiger partial charge is 0.0991 e. The van der Waals surface area contributed by atoms with Gasteiger partial charge in [0.2, 0.25) is 0 Å². The van der Waals surface area contributed by atoms with E-state index in [9.17, 15) is 5.11 Å². The van der Waals surface area contributed by atoms with Crippen LogP contribution < -0.4 is 4.90 Å². The van der Waals surface area contributed by atoms with E-state index in [2.05, 4.69) is 23.1 Å². The lowest BCUT2D eigenvalue weighted by Gasteiger charge is -2.35. The summed E-state index contributed by atoms with van der Waals surface area (Å²) in [6.45, 7) is 1.57. The predicted molar refractivity (Wildman–Crippen MR) is 92.1 cm³/mol. The molecule has 23 heavy (non-hydrogen) atoms. The molecule has 3 nitrogen and oxygen atoms in total. The minimum Gasteiger partial charge on any atom is -0.387 e. The van der Waals surface area contributed by atoms with Crippen LogP contribution in [0.2, 0.25) is 0 Å². The fourth-order valence-electron chi connectivity index (χ4n) is 3.01. The summed E-state index contributed by atoms with van der Waals surface area (Å²) in [6.07, 6.45) is 3.35. The summed E-state index contributed by atoms with van der Waals surface area (Å²) < 4.78 is 0. The van der Waals surface area contributed by atoms with E-state index in [0.717, 1.165) is 23.7 Å². The fourth-order valence-corrected chi connectivity index (χ4v) is 3.01. The van der Waals surface area contributed by atoms with Crippen molar-refractivity contribution >= 4 is 5.69 Å². The molecule has 0 radical (unpaired) electrons. The van der Waals surface area contributed by atoms with E-state index in [1.807, 2.05) is 30.3 Å². The van der Waals surface area contributed by atoms with Crippen molar-refractivity contribution in [1.82, 2.24) is 0 Å². The zero-order valence-corrected chi connectivity index (χ0v) is 13.2. The van der Waals surface area contributed by atoms with Gasteiger partial charge in [-0.15, -0.1) is 0 Å². The summed E-state index contributed by atoms with van der Waals surface area (Å²) in [4.78, 5) is 2.28. The maximum atomic E-state index is 10.6. The quantitative estimate of drug-likeness (QED) is 0.880. The molecule has 3 rings (SSSR count). The number of benzene rings is 2. The van der Waals surface area contributed by atoms with Crippen molar-refractivity contribution < 1.29 is 5.11 Å². The highest BCUT2D eigenvalue weighted by Crippen LogP contribution is 2.30. The number of rotatable bonds is 6. The summed E-state index contributed by atoms with van der Waals surface area (Å²) >= 11 is 0. The minimum atomic E-state index is -0.553. The molecule has 0 aromatic heterocycles. The Morgan fingerprint density at radius 3 is 2.35 bits per heavy atom. The minimum absolute atomic E-state index is 0.553. The number of nitrogens with zero attached hydrogens (tertiary/aromatic N) is 2. The van der Waals surface area contributed by atoms with Crippen LogP contribution in [0.5, 0.6) is 0 Å². The van der Waals surface area contributed by atoms with Crippen molar-refractivity contribution in [2.75, 3.05) is 18.0 Å². The van der Waals surface area contributed by atoms with Crippen molar-refractivity contribution in [3.63, 3.8) is 0 Å². The molecule has 118 valence electrons. The molecular formula is C20H22N2O. The van der Waals surface area contributed by atoms with Crippen molar-refractivity contribution in [2.24, 2.45) is 5.92 Å². The Morgan fingerprint density at radius 2 is 1.78 bits per heavy atom. The molecule has 1 saturated carbocycles. The summed E-state index contributed by atoms with van der Waals surface area (Å²) in [6, 6.07) is 19.6. The molecule has 0 amide bonds. The highest BCUT2D eigenvalue weighted by Gasteiger charge is 2.22. The zero-order chi connectivity index (χ0) is 16.1. The molecule has 0 unspecified atom stereocenters. The summed E-state index contributed by atoms with van der Waals surface area (Å²) in [5, 5.41) is 19.5. The van der Waals surface area contributed by atoms with Gasteiger partial charge in [0, 0.05) is 18.8 Å². The highest BCUT2D eigenvalue weighted by molar-refractivity contribution is 5.46. The van der Waals surface area contributed by atoms with Gasteiger partial charge in [-0.3, -0.25) is 0 Å². The molecule has 1 atom stereocenters. The first-order valence-electron chi connectivity index (χ1n) is 8.24. The lowest BCUT2D eigenvalue weighted by Crippen LogP contribution is -2.35. The molecule has 1 fully saturated rings. The SMILES string of the molecule is N#Cc1ccc([C@H](O)CN(CC2CCC2)c2ccccc2)cc1. The summed E-state index contributed by atoms with van der Waals surface area (Å²) in [5.41, 5.74) is 2.64. The lowest BCUT2D eigenvalue weighted by molar-refractivity contribution is 0.179. The van der Waals surface area contributed by atoms with E-state index >= 15 is 0 Å². The van der Waals surface area contributed by atoms with Gasteiger partial charge in [-0.2, -0.15) is 5.26 Å². The van der Waals surface area contributed by atoms with Gasteiger partial charge in [0.25, 0.3) is 0 Å². The molecule has 0 spiro atoms. The molecule has 0 heterocycles. The monoisotopic (exact) mass is 306 g/mol. The fraction of sp³-hybridized carbons (Fsp3) is 0.350. The van der Waals surface area contributed by atoms with Crippen LogP contribution in [0.1, 0.15) is 36.5 Å². The summed E-state index contributed by atoms with van der Waals surface area (Å²) in [5.74, 6) is 0.739. The maximum Gasteiger partial charge on any atom is 0.0991 e. The van der Waals surface area contributed by atoms with Gasteiger partial charge in [0.05, 0.1) is 17.7 Å². The van der Waals surface area contributed by atoms with E-state index in [1.54, 1.807) is 12.1 Å². The number of hydrogen-bond acceptors (Lipinski definition) is 3. The second-order valence-electron chi connectivity index (χ2n) is 6.29. The predicted octanol–water partition coefficient (Wildman–Crippen LogP) is 3.90. The second kappa shape index (κ2) is 7.30. The Labute approximate surface area is 137 Å². The largest absolute Gasteiger partial charge is 0.387 e. The van der Waals surface area contributed by atoms with Crippen LogP contribution in [0.4, 0.5) is 5.69 Å². The van der Waals surface area contributed by atoms with Crippen LogP contribution in [-0.2, 0) is 0 Å². The Kier molecular flexibility index (Phi) is 4.95. The van der Waals surface area contributed by atoms with Gasteiger partial charge in [0.1, 0.15) is 0 Å². The van der Waals surface area contributed by atoms with Crippen LogP contribution in [-0.4, -0.2) is 18.2 Å². The Hall–Kier alpha value is -2.31. The molecular weight excluding hydrogens is 284 g/mol. The molecule has 2 aromatic carbocycles. The van der Waals surface area contributed by atoms with Gasteiger partial charge >= 0.3 is 0 Å². The highest BCUT2D eigenvalue weighted by atomic mass is 16.3. The molecule has 1 aliphatic carbocycles. The average molecular weight is 306 g/mol. The standard InChI is InChI=1S/C20H22N2O/c21-13-16-9-11-18(12-10-16)20(23)15-22(14-17-5-4-6-17)19-7-2-1-3-8-19/h1-3,7-12,17,20,23H,4-6,14-15H2/t20-/m1/s1. The molecule has 3 heteroatoms. The Morgan fingerprint density at radius 1 is 1.09 bits per heavy atom. The lowest BCUT2D eigenvalue weighted by atomic mass is 9.85. The average Bonchev–Trinajstić information content (AvgIpc) is 2.57. The molecule has 0 aliphatic heterocycles. The molecule has 1 aliphatic rings. The van der Waals surface area contributed by atoms with E-state index in [1.165, 1.54) is 19.3 Å². The summed E-state index contributed by atoms with van der Waals surface area (Å²) in [7, 11) is 0. The van der Waals surface area contributed by atoms with Crippen LogP contribution >= 0.6 is 0 Å². The van der Waals surface area contributed by atoms with E-state index in [0.29, 0.717) is 12.1 Å². The number of anilines is 1. The van der Waals surface area contributed by atoms with Crippen LogP contribution in [0, 0.1) is 17.2 Å². The van der Waals surface area contributed by atoms with Gasteiger partial charge in [-0.25, -0.2) is 0 Å². The van der Waals surface area contributed by atoms with E-state index < -0.39 is 6.10 Å². The maximum absolute atomic E-state index is 10.6. The number of aliphatic hydroxyl groups is 1. The molecule has 0 bridgehead atoms. The molecule has 0 saturated heterocycles. The van der Waals surface area contributed by atoms with Crippen molar-refractivity contribution in [2.45, 2.75) is 25.4 Å². The number of nitriles is 1. The van der Waals surface area contributed by atoms with Gasteiger partial charge in [-0.05, 0) is 48.6 Å². The third-order valence-electron chi connectivity index (χ3n) is 4.64. The normalized spacial score (nSPS) is 15.5. The Bertz CT molecular complexity index is 656. The van der Waals surface area contributed by atoms with E-state index in [4.69, 9.17) is 5.26 Å². The first-order chi connectivity index (χ1) is 11.3. The molecule has 1 N–H and O–H groups in total. The van der Waals surface area contributed by atoms with Crippen molar-refractivity contribution in [3.8, 4) is 6.07 Å². The first kappa shape index (κ1) is 15.6. The number of hydrogen-bond donors (Lipinski definition) is 1. The van der Waals surface area contributed by atoms with E-state index in [-0.39, 0.29) is 0 Å². The van der Waals surface area contributed by atoms with Crippen molar-refractivity contribution in [1.29, 1.82) is 5.26 Å².